The molecule has 0 bridgehead atoms. The number of hydrogen-bond donors (Lipinski definition) is 2. The van der Waals surface area contributed by atoms with Crippen molar-refractivity contribution < 1.29 is 18.7 Å². The van der Waals surface area contributed by atoms with Crippen molar-refractivity contribution in [1.82, 2.24) is 10.9 Å². The van der Waals surface area contributed by atoms with E-state index in [4.69, 9.17) is 4.74 Å². The summed E-state index contributed by atoms with van der Waals surface area (Å²) < 4.78 is 18.3. The average Bonchev–Trinajstić information content (AvgIpc) is 2.59. The number of aryl methyl sites for hydroxylation is 1. The lowest BCUT2D eigenvalue weighted by atomic mass is 10.1. The standard InChI is InChI=1S/C17H17FN2O3/c1-2-12-7-9-13(10-8-12)17(22)20-19-16(21)11-23-15-6-4-3-5-14(15)18/h3-10H,2,11H2,1H3,(H,19,21)(H,20,22). The normalized spacial score (nSPS) is 10.0. The molecule has 2 N–H and O–H groups in total. The Labute approximate surface area is 133 Å². The molecule has 120 valence electrons. The third-order valence-corrected chi connectivity index (χ3v) is 3.14. The molecule has 0 radical (unpaired) electrons. The zero-order valence-corrected chi connectivity index (χ0v) is 12.6. The Bertz CT molecular complexity index is 686. The molecule has 0 aliphatic rings. The molecule has 2 aromatic carbocycles. The topological polar surface area (TPSA) is 67.4 Å². The van der Waals surface area contributed by atoms with Crippen LogP contribution in [-0.4, -0.2) is 18.4 Å². The maximum Gasteiger partial charge on any atom is 0.276 e. The zero-order valence-electron chi connectivity index (χ0n) is 12.6. The van der Waals surface area contributed by atoms with Crippen LogP contribution >= 0.6 is 0 Å². The summed E-state index contributed by atoms with van der Waals surface area (Å²) in [6, 6.07) is 12.8. The van der Waals surface area contributed by atoms with Crippen molar-refractivity contribution >= 4 is 11.8 Å². The predicted octanol–water partition coefficient (Wildman–Crippen LogP) is 2.23. The fourth-order valence-corrected chi connectivity index (χ4v) is 1.83. The third-order valence-electron chi connectivity index (χ3n) is 3.14. The first-order valence-electron chi connectivity index (χ1n) is 7.15. The highest BCUT2D eigenvalue weighted by Crippen LogP contribution is 2.14. The van der Waals surface area contributed by atoms with Gasteiger partial charge in [-0.1, -0.05) is 31.2 Å². The second kappa shape index (κ2) is 7.93. The van der Waals surface area contributed by atoms with Crippen LogP contribution < -0.4 is 15.6 Å². The Balaban J connectivity index is 1.79. The van der Waals surface area contributed by atoms with E-state index in [9.17, 15) is 14.0 Å². The number of carbonyl (C=O) groups is 2. The monoisotopic (exact) mass is 316 g/mol. The van der Waals surface area contributed by atoms with Crippen LogP contribution in [0.4, 0.5) is 4.39 Å². The van der Waals surface area contributed by atoms with Gasteiger partial charge in [0.05, 0.1) is 0 Å². The molecular weight excluding hydrogens is 299 g/mol. The first-order valence-corrected chi connectivity index (χ1v) is 7.15. The van der Waals surface area contributed by atoms with Crippen molar-refractivity contribution in [1.29, 1.82) is 0 Å². The lowest BCUT2D eigenvalue weighted by Gasteiger charge is -2.09. The van der Waals surface area contributed by atoms with Gasteiger partial charge < -0.3 is 4.74 Å². The zero-order chi connectivity index (χ0) is 16.7. The fourth-order valence-electron chi connectivity index (χ4n) is 1.83. The maximum atomic E-state index is 13.3. The van der Waals surface area contributed by atoms with Gasteiger partial charge in [-0.3, -0.25) is 20.4 Å². The fraction of sp³-hybridized carbons (Fsp3) is 0.176. The van der Waals surface area contributed by atoms with Crippen LogP contribution in [0.25, 0.3) is 0 Å². The van der Waals surface area contributed by atoms with Gasteiger partial charge in [0.25, 0.3) is 11.8 Å². The minimum atomic E-state index is -0.591. The van der Waals surface area contributed by atoms with Crippen LogP contribution in [0.5, 0.6) is 5.75 Å². The van der Waals surface area contributed by atoms with Gasteiger partial charge in [-0.15, -0.1) is 0 Å². The summed E-state index contributed by atoms with van der Waals surface area (Å²) in [5.41, 5.74) is 6.03. The Morgan fingerprint density at radius 2 is 1.74 bits per heavy atom. The summed E-state index contributed by atoms with van der Waals surface area (Å²) >= 11 is 0. The van der Waals surface area contributed by atoms with Gasteiger partial charge in [0.1, 0.15) is 0 Å². The number of benzene rings is 2. The number of halogens is 1. The maximum absolute atomic E-state index is 13.3. The van der Waals surface area contributed by atoms with Crippen molar-refractivity contribution in [2.24, 2.45) is 0 Å². The van der Waals surface area contributed by atoms with Crippen LogP contribution in [0.1, 0.15) is 22.8 Å². The van der Waals surface area contributed by atoms with Crippen molar-refractivity contribution in [3.8, 4) is 5.75 Å². The number of amides is 2. The van der Waals surface area contributed by atoms with Crippen molar-refractivity contribution in [3.63, 3.8) is 0 Å². The smallest absolute Gasteiger partial charge is 0.276 e. The largest absolute Gasteiger partial charge is 0.481 e. The van der Waals surface area contributed by atoms with Gasteiger partial charge in [-0.05, 0) is 36.2 Å². The van der Waals surface area contributed by atoms with Crippen molar-refractivity contribution in [2.75, 3.05) is 6.61 Å². The number of para-hydroxylation sites is 1. The molecular formula is C17H17FN2O3. The van der Waals surface area contributed by atoms with E-state index in [0.717, 1.165) is 12.0 Å². The molecule has 0 heterocycles. The van der Waals surface area contributed by atoms with Gasteiger partial charge >= 0.3 is 0 Å². The van der Waals surface area contributed by atoms with Gasteiger partial charge in [0, 0.05) is 5.56 Å². The van der Waals surface area contributed by atoms with Crippen LogP contribution in [0.3, 0.4) is 0 Å². The summed E-state index contributed by atoms with van der Waals surface area (Å²) in [4.78, 5) is 23.4. The second-order valence-corrected chi connectivity index (χ2v) is 4.77. The molecule has 2 amide bonds. The van der Waals surface area contributed by atoms with Crippen molar-refractivity contribution in [2.45, 2.75) is 13.3 Å². The lowest BCUT2D eigenvalue weighted by molar-refractivity contribution is -0.123. The molecule has 0 aliphatic carbocycles. The molecule has 6 heteroatoms. The predicted molar refractivity (Wildman–Crippen MR) is 83.3 cm³/mol. The molecule has 0 aromatic heterocycles. The Morgan fingerprint density at radius 3 is 2.39 bits per heavy atom. The van der Waals surface area contributed by atoms with E-state index in [1.807, 2.05) is 19.1 Å². The molecule has 0 atom stereocenters. The minimum absolute atomic E-state index is 0.0240. The molecule has 0 fully saturated rings. The van der Waals surface area contributed by atoms with Crippen LogP contribution in [-0.2, 0) is 11.2 Å². The van der Waals surface area contributed by atoms with Crippen molar-refractivity contribution in [3.05, 3.63) is 65.5 Å². The molecule has 2 aromatic rings. The van der Waals surface area contributed by atoms with Crippen LogP contribution in [0.15, 0.2) is 48.5 Å². The molecule has 0 aliphatic heterocycles. The number of ether oxygens (including phenoxy) is 1. The van der Waals surface area contributed by atoms with E-state index in [1.165, 1.54) is 18.2 Å². The number of nitrogens with one attached hydrogen (secondary N) is 2. The Kier molecular flexibility index (Phi) is 5.68. The molecule has 0 unspecified atom stereocenters. The van der Waals surface area contributed by atoms with E-state index in [0.29, 0.717) is 5.56 Å². The Hall–Kier alpha value is -2.89. The molecule has 0 saturated carbocycles. The molecule has 5 nitrogen and oxygen atoms in total. The molecule has 23 heavy (non-hydrogen) atoms. The first-order chi connectivity index (χ1) is 11.1. The molecule has 0 spiro atoms. The number of hydrogen-bond acceptors (Lipinski definition) is 3. The van der Waals surface area contributed by atoms with E-state index in [1.54, 1.807) is 18.2 Å². The highest BCUT2D eigenvalue weighted by molar-refractivity contribution is 5.95. The summed E-state index contributed by atoms with van der Waals surface area (Å²) in [5.74, 6) is -1.61. The lowest BCUT2D eigenvalue weighted by Crippen LogP contribution is -2.43. The van der Waals surface area contributed by atoms with E-state index < -0.39 is 24.2 Å². The third kappa shape index (κ3) is 4.81. The van der Waals surface area contributed by atoms with E-state index in [2.05, 4.69) is 10.9 Å². The van der Waals surface area contributed by atoms with E-state index >= 15 is 0 Å². The summed E-state index contributed by atoms with van der Waals surface area (Å²) in [7, 11) is 0. The van der Waals surface area contributed by atoms with E-state index in [-0.39, 0.29) is 5.75 Å². The number of rotatable bonds is 5. The second-order valence-electron chi connectivity index (χ2n) is 4.77. The quantitative estimate of drug-likeness (QED) is 0.831. The molecule has 0 saturated heterocycles. The summed E-state index contributed by atoms with van der Waals surface area (Å²) in [5, 5.41) is 0. The SMILES string of the molecule is CCc1ccc(C(=O)NNC(=O)COc2ccccc2F)cc1. The number of carbonyl (C=O) groups excluding carboxylic acids is 2. The highest BCUT2D eigenvalue weighted by atomic mass is 19.1. The molecule has 2 rings (SSSR count). The van der Waals surface area contributed by atoms with Gasteiger partial charge in [0.15, 0.2) is 18.2 Å². The minimum Gasteiger partial charge on any atom is -0.481 e. The first kappa shape index (κ1) is 16.5. The average molecular weight is 316 g/mol. The summed E-state index contributed by atoms with van der Waals surface area (Å²) in [6.45, 7) is 1.61. The highest BCUT2D eigenvalue weighted by Gasteiger charge is 2.09. The van der Waals surface area contributed by atoms with Crippen LogP contribution in [0, 0.1) is 5.82 Å². The van der Waals surface area contributed by atoms with Gasteiger partial charge in [0.2, 0.25) is 0 Å². The summed E-state index contributed by atoms with van der Waals surface area (Å²) in [6.07, 6.45) is 0.881. The van der Waals surface area contributed by atoms with Gasteiger partial charge in [-0.25, -0.2) is 4.39 Å². The van der Waals surface area contributed by atoms with Crippen LogP contribution in [0.2, 0.25) is 0 Å². The Morgan fingerprint density at radius 1 is 1.04 bits per heavy atom. The van der Waals surface area contributed by atoms with Gasteiger partial charge in [-0.2, -0.15) is 0 Å². The number of hydrazine groups is 1.